The van der Waals surface area contributed by atoms with Gasteiger partial charge in [0.2, 0.25) is 0 Å². The number of carbonyl (C=O) groups is 1. The van der Waals surface area contributed by atoms with Gasteiger partial charge < -0.3 is 19.9 Å². The maximum absolute atomic E-state index is 12.4. The van der Waals surface area contributed by atoms with E-state index >= 15 is 0 Å². The molecule has 1 N–H and O–H groups in total. The zero-order chi connectivity index (χ0) is 16.1. The van der Waals surface area contributed by atoms with Gasteiger partial charge in [-0.25, -0.2) is 4.79 Å². The molecule has 2 aliphatic heterocycles. The summed E-state index contributed by atoms with van der Waals surface area (Å²) in [7, 11) is 4.09. The van der Waals surface area contributed by atoms with E-state index in [1.54, 1.807) is 0 Å². The van der Waals surface area contributed by atoms with Crippen LogP contribution in [0.4, 0.5) is 4.79 Å². The second-order valence-corrected chi connectivity index (χ2v) is 7.27. The number of nitrogens with zero attached hydrogens (tertiary/aromatic N) is 2. The minimum absolute atomic E-state index is 0.0706. The predicted octanol–water partition coefficient (Wildman–Crippen LogP) is 2.32. The Morgan fingerprint density at radius 1 is 1.45 bits per heavy atom. The van der Waals surface area contributed by atoms with E-state index in [4.69, 9.17) is 4.74 Å². The summed E-state index contributed by atoms with van der Waals surface area (Å²) in [5, 5.41) is 3.15. The van der Waals surface area contributed by atoms with Gasteiger partial charge in [0.1, 0.15) is 0 Å². The van der Waals surface area contributed by atoms with E-state index in [0.717, 1.165) is 39.0 Å². The van der Waals surface area contributed by atoms with Crippen LogP contribution in [0.1, 0.15) is 46.0 Å². The number of urea groups is 1. The number of hydrogen-bond donors (Lipinski definition) is 1. The Bertz CT molecular complexity index is 358. The summed E-state index contributed by atoms with van der Waals surface area (Å²) >= 11 is 0. The van der Waals surface area contributed by atoms with Gasteiger partial charge in [0.05, 0.1) is 6.10 Å². The number of carbonyl (C=O) groups excluding carboxylic acids is 1. The van der Waals surface area contributed by atoms with Gasteiger partial charge in [0.15, 0.2) is 0 Å². The number of hydrogen-bond acceptors (Lipinski definition) is 3. The molecular weight excluding hydrogens is 278 g/mol. The van der Waals surface area contributed by atoms with Gasteiger partial charge >= 0.3 is 6.03 Å². The lowest BCUT2D eigenvalue weighted by molar-refractivity contribution is 0.0967. The summed E-state index contributed by atoms with van der Waals surface area (Å²) < 4.78 is 5.65. The standard InChI is InChI=1S/C17H33N3O2/c1-13-12-19(3)10-9-16(13)20(4)17(21)18-14(2)7-8-15-6-5-11-22-15/h13-16H,5-12H2,1-4H3,(H,18,21)/t13-,14-,15+,16-/m1/s1. The molecule has 5 nitrogen and oxygen atoms in total. The molecular formula is C17H33N3O2. The minimum atomic E-state index is 0.0706. The molecule has 2 heterocycles. The van der Waals surface area contributed by atoms with Crippen LogP contribution in [0.25, 0.3) is 0 Å². The summed E-state index contributed by atoms with van der Waals surface area (Å²) in [5.74, 6) is 0.525. The molecule has 0 unspecified atom stereocenters. The van der Waals surface area contributed by atoms with E-state index in [0.29, 0.717) is 18.1 Å². The Kier molecular flexibility index (Phi) is 6.50. The first-order chi connectivity index (χ1) is 10.5. The first kappa shape index (κ1) is 17.5. The molecule has 0 aliphatic carbocycles. The van der Waals surface area contributed by atoms with Crippen molar-refractivity contribution in [2.75, 3.05) is 33.8 Å². The molecule has 2 amide bonds. The maximum atomic E-state index is 12.4. The SMILES string of the molecule is C[C@H](CC[C@@H]1CCCO1)NC(=O)N(C)[C@@H]1CCN(C)C[C@H]1C. The van der Waals surface area contributed by atoms with Crippen molar-refractivity contribution in [2.24, 2.45) is 5.92 Å². The first-order valence-electron chi connectivity index (χ1n) is 8.81. The Morgan fingerprint density at radius 3 is 2.86 bits per heavy atom. The Labute approximate surface area is 135 Å². The molecule has 2 rings (SSSR count). The third kappa shape index (κ3) is 4.85. The zero-order valence-corrected chi connectivity index (χ0v) is 14.7. The van der Waals surface area contributed by atoms with Crippen LogP contribution in [0.5, 0.6) is 0 Å². The number of amides is 2. The molecule has 0 aromatic rings. The number of piperidine rings is 1. The lowest BCUT2D eigenvalue weighted by Gasteiger charge is -2.40. The van der Waals surface area contributed by atoms with Crippen molar-refractivity contribution < 1.29 is 9.53 Å². The van der Waals surface area contributed by atoms with Gasteiger partial charge in [0, 0.05) is 32.3 Å². The number of rotatable bonds is 5. The van der Waals surface area contributed by atoms with Crippen LogP contribution >= 0.6 is 0 Å². The number of ether oxygens (including phenoxy) is 1. The molecule has 0 aromatic carbocycles. The van der Waals surface area contributed by atoms with Crippen molar-refractivity contribution in [1.82, 2.24) is 15.1 Å². The van der Waals surface area contributed by atoms with Crippen LogP contribution in [0.3, 0.4) is 0 Å². The van der Waals surface area contributed by atoms with Crippen LogP contribution in [0.15, 0.2) is 0 Å². The molecule has 0 saturated carbocycles. The van der Waals surface area contributed by atoms with E-state index in [-0.39, 0.29) is 12.1 Å². The van der Waals surface area contributed by atoms with Crippen LogP contribution in [0.2, 0.25) is 0 Å². The van der Waals surface area contributed by atoms with Crippen LogP contribution in [-0.4, -0.2) is 67.8 Å². The fourth-order valence-electron chi connectivity index (χ4n) is 3.76. The molecule has 0 aromatic heterocycles. The minimum Gasteiger partial charge on any atom is -0.378 e. The van der Waals surface area contributed by atoms with Gasteiger partial charge in [-0.05, 0) is 58.5 Å². The Hall–Kier alpha value is -0.810. The first-order valence-corrected chi connectivity index (χ1v) is 8.81. The van der Waals surface area contributed by atoms with Crippen molar-refractivity contribution in [2.45, 2.75) is 64.1 Å². The van der Waals surface area contributed by atoms with Gasteiger partial charge in [-0.15, -0.1) is 0 Å². The summed E-state index contributed by atoms with van der Waals surface area (Å²) in [6.45, 7) is 7.38. The summed E-state index contributed by atoms with van der Waals surface area (Å²) in [5.41, 5.74) is 0. The molecule has 2 saturated heterocycles. The van der Waals surface area contributed by atoms with Crippen molar-refractivity contribution >= 4 is 6.03 Å². The predicted molar refractivity (Wildman–Crippen MR) is 89.0 cm³/mol. The van der Waals surface area contributed by atoms with E-state index in [2.05, 4.69) is 31.1 Å². The summed E-state index contributed by atoms with van der Waals surface area (Å²) in [4.78, 5) is 16.7. The summed E-state index contributed by atoms with van der Waals surface area (Å²) in [6, 6.07) is 0.628. The fraction of sp³-hybridized carbons (Fsp3) is 0.941. The van der Waals surface area contributed by atoms with Gasteiger partial charge in [-0.2, -0.15) is 0 Å². The topological polar surface area (TPSA) is 44.8 Å². The molecule has 128 valence electrons. The maximum Gasteiger partial charge on any atom is 0.317 e. The second kappa shape index (κ2) is 8.16. The Morgan fingerprint density at radius 2 is 2.23 bits per heavy atom. The van der Waals surface area contributed by atoms with Crippen LogP contribution < -0.4 is 5.32 Å². The molecule has 2 aliphatic rings. The van der Waals surface area contributed by atoms with E-state index in [9.17, 15) is 4.79 Å². The van der Waals surface area contributed by atoms with E-state index in [1.165, 1.54) is 12.8 Å². The highest BCUT2D eigenvalue weighted by molar-refractivity contribution is 5.74. The highest BCUT2D eigenvalue weighted by atomic mass is 16.5. The van der Waals surface area contributed by atoms with Gasteiger partial charge in [-0.1, -0.05) is 6.92 Å². The molecule has 5 heteroatoms. The molecule has 4 atom stereocenters. The van der Waals surface area contributed by atoms with Crippen molar-refractivity contribution in [3.05, 3.63) is 0 Å². The normalized spacial score (nSPS) is 31.0. The third-order valence-electron chi connectivity index (χ3n) is 5.20. The fourth-order valence-corrected chi connectivity index (χ4v) is 3.76. The molecule has 0 bridgehead atoms. The van der Waals surface area contributed by atoms with Crippen molar-refractivity contribution in [1.29, 1.82) is 0 Å². The molecule has 0 spiro atoms. The number of nitrogens with one attached hydrogen (secondary N) is 1. The van der Waals surface area contributed by atoms with Crippen molar-refractivity contribution in [3.8, 4) is 0 Å². The average molecular weight is 311 g/mol. The average Bonchev–Trinajstić information content (AvgIpc) is 2.97. The third-order valence-corrected chi connectivity index (χ3v) is 5.20. The smallest absolute Gasteiger partial charge is 0.317 e. The summed E-state index contributed by atoms with van der Waals surface area (Å²) in [6.07, 6.45) is 5.87. The monoisotopic (exact) mass is 311 g/mol. The molecule has 2 fully saturated rings. The highest BCUT2D eigenvalue weighted by Crippen LogP contribution is 2.21. The van der Waals surface area contributed by atoms with E-state index in [1.807, 2.05) is 11.9 Å². The largest absolute Gasteiger partial charge is 0.378 e. The lowest BCUT2D eigenvalue weighted by atomic mass is 9.93. The zero-order valence-electron chi connectivity index (χ0n) is 14.7. The quantitative estimate of drug-likeness (QED) is 0.847. The molecule has 0 radical (unpaired) electrons. The highest BCUT2D eigenvalue weighted by Gasteiger charge is 2.30. The van der Waals surface area contributed by atoms with Crippen LogP contribution in [0, 0.1) is 5.92 Å². The van der Waals surface area contributed by atoms with Crippen molar-refractivity contribution in [3.63, 3.8) is 0 Å². The molecule has 22 heavy (non-hydrogen) atoms. The second-order valence-electron chi connectivity index (χ2n) is 7.27. The van der Waals surface area contributed by atoms with Crippen LogP contribution in [-0.2, 0) is 4.74 Å². The van der Waals surface area contributed by atoms with E-state index < -0.39 is 0 Å². The lowest BCUT2D eigenvalue weighted by Crippen LogP contribution is -2.53. The van der Waals surface area contributed by atoms with Gasteiger partial charge in [0.25, 0.3) is 0 Å². The van der Waals surface area contributed by atoms with Gasteiger partial charge in [-0.3, -0.25) is 0 Å². The number of likely N-dealkylation sites (tertiary alicyclic amines) is 1. The Balaban J connectivity index is 1.72.